The number of amides is 1. The fourth-order valence-electron chi connectivity index (χ4n) is 2.98. The zero-order valence-electron chi connectivity index (χ0n) is 12.9. The Morgan fingerprint density at radius 3 is 2.62 bits per heavy atom. The normalized spacial score (nSPS) is 18.4. The fraction of sp³-hybridized carbons (Fsp3) is 0.588. The maximum absolute atomic E-state index is 12.1. The molecular formula is C17H27N3O. The van der Waals surface area contributed by atoms with E-state index in [0.717, 1.165) is 37.5 Å². The number of nitrogens with two attached hydrogens (primary N) is 1. The van der Waals surface area contributed by atoms with Crippen LogP contribution in [-0.4, -0.2) is 37.0 Å². The molecule has 4 nitrogen and oxygen atoms in total. The summed E-state index contributed by atoms with van der Waals surface area (Å²) in [7, 11) is 0. The topological polar surface area (TPSA) is 58.4 Å². The molecule has 1 aromatic rings. The summed E-state index contributed by atoms with van der Waals surface area (Å²) in [5.74, 6) is 0.862. The van der Waals surface area contributed by atoms with Crippen LogP contribution in [0.25, 0.3) is 0 Å². The molecule has 3 N–H and O–H groups in total. The van der Waals surface area contributed by atoms with E-state index in [1.54, 1.807) is 0 Å². The van der Waals surface area contributed by atoms with Crippen LogP contribution in [-0.2, 0) is 4.79 Å². The molecule has 0 aliphatic carbocycles. The Morgan fingerprint density at radius 1 is 1.33 bits per heavy atom. The minimum Gasteiger partial charge on any atom is -0.348 e. The van der Waals surface area contributed by atoms with E-state index in [9.17, 15) is 4.79 Å². The molecule has 1 aliphatic heterocycles. The van der Waals surface area contributed by atoms with Crippen LogP contribution < -0.4 is 11.1 Å². The second-order valence-corrected chi connectivity index (χ2v) is 6.00. The molecule has 1 atom stereocenters. The summed E-state index contributed by atoms with van der Waals surface area (Å²) in [6.45, 7) is 5.34. The first-order valence-corrected chi connectivity index (χ1v) is 7.95. The Morgan fingerprint density at radius 2 is 2.00 bits per heavy atom. The van der Waals surface area contributed by atoms with E-state index < -0.39 is 0 Å². The van der Waals surface area contributed by atoms with Crippen molar-refractivity contribution in [1.82, 2.24) is 10.2 Å². The van der Waals surface area contributed by atoms with Crippen molar-refractivity contribution < 1.29 is 4.79 Å². The summed E-state index contributed by atoms with van der Waals surface area (Å²) in [5.41, 5.74) is 6.75. The number of likely N-dealkylation sites (tertiary alicyclic amines) is 1. The van der Waals surface area contributed by atoms with Gasteiger partial charge in [0, 0.05) is 0 Å². The van der Waals surface area contributed by atoms with Gasteiger partial charge in [0.15, 0.2) is 0 Å². The molecule has 1 fully saturated rings. The molecule has 1 amide bonds. The summed E-state index contributed by atoms with van der Waals surface area (Å²) in [4.78, 5) is 14.4. The number of hydrogen-bond donors (Lipinski definition) is 2. The fourth-order valence-corrected chi connectivity index (χ4v) is 2.98. The van der Waals surface area contributed by atoms with Crippen molar-refractivity contribution in [3.63, 3.8) is 0 Å². The number of carbonyl (C=O) groups is 1. The molecule has 0 bridgehead atoms. The van der Waals surface area contributed by atoms with Crippen LogP contribution in [0.1, 0.15) is 37.8 Å². The zero-order valence-corrected chi connectivity index (χ0v) is 12.9. The monoisotopic (exact) mass is 289 g/mol. The molecule has 1 saturated heterocycles. The number of rotatable bonds is 6. The molecule has 116 valence electrons. The van der Waals surface area contributed by atoms with E-state index in [4.69, 9.17) is 5.73 Å². The predicted octanol–water partition coefficient (Wildman–Crippen LogP) is 1.92. The van der Waals surface area contributed by atoms with Gasteiger partial charge in [0.1, 0.15) is 0 Å². The molecule has 0 saturated carbocycles. The second kappa shape index (κ2) is 8.15. The molecule has 1 aliphatic rings. The molecular weight excluding hydrogens is 262 g/mol. The third-order valence-corrected chi connectivity index (χ3v) is 4.33. The molecule has 1 heterocycles. The first-order valence-electron chi connectivity index (χ1n) is 7.95. The lowest BCUT2D eigenvalue weighted by Gasteiger charge is -2.31. The summed E-state index contributed by atoms with van der Waals surface area (Å²) < 4.78 is 0. The maximum Gasteiger partial charge on any atom is 0.234 e. The molecule has 0 spiro atoms. The van der Waals surface area contributed by atoms with Gasteiger partial charge in [-0.15, -0.1) is 0 Å². The zero-order chi connectivity index (χ0) is 15.1. The third-order valence-electron chi connectivity index (χ3n) is 4.33. The SMILES string of the molecule is CC(NC(=O)CN1CCC(CCN)CC1)c1ccccc1. The van der Waals surface area contributed by atoms with E-state index in [0.29, 0.717) is 6.54 Å². The van der Waals surface area contributed by atoms with Crippen LogP contribution in [0.2, 0.25) is 0 Å². The number of benzene rings is 1. The van der Waals surface area contributed by atoms with Crippen LogP contribution in [0.15, 0.2) is 30.3 Å². The number of hydrogen-bond acceptors (Lipinski definition) is 3. The lowest BCUT2D eigenvalue weighted by atomic mass is 9.94. The third kappa shape index (κ3) is 5.14. The molecule has 4 heteroatoms. The van der Waals surface area contributed by atoms with Gasteiger partial charge in [-0.3, -0.25) is 9.69 Å². The minimum atomic E-state index is 0.0634. The van der Waals surface area contributed by atoms with Gasteiger partial charge in [0.05, 0.1) is 12.6 Å². The molecule has 0 radical (unpaired) electrons. The summed E-state index contributed by atoms with van der Waals surface area (Å²) in [6, 6.07) is 10.1. The number of nitrogens with zero attached hydrogens (tertiary/aromatic N) is 1. The van der Waals surface area contributed by atoms with Crippen molar-refractivity contribution in [2.75, 3.05) is 26.2 Å². The highest BCUT2D eigenvalue weighted by Crippen LogP contribution is 2.19. The maximum atomic E-state index is 12.1. The quantitative estimate of drug-likeness (QED) is 0.841. The Hall–Kier alpha value is -1.39. The van der Waals surface area contributed by atoms with Crippen LogP contribution in [0.3, 0.4) is 0 Å². The lowest BCUT2D eigenvalue weighted by molar-refractivity contribution is -0.123. The molecule has 1 unspecified atom stereocenters. The molecule has 21 heavy (non-hydrogen) atoms. The van der Waals surface area contributed by atoms with Crippen LogP contribution >= 0.6 is 0 Å². The number of nitrogens with one attached hydrogen (secondary N) is 1. The Balaban J connectivity index is 1.73. The van der Waals surface area contributed by atoms with Crippen LogP contribution in [0, 0.1) is 5.92 Å². The highest BCUT2D eigenvalue weighted by atomic mass is 16.2. The predicted molar refractivity (Wildman–Crippen MR) is 85.8 cm³/mol. The Kier molecular flexibility index (Phi) is 6.21. The number of carbonyl (C=O) groups excluding carboxylic acids is 1. The van der Waals surface area contributed by atoms with Gasteiger partial charge in [-0.2, -0.15) is 0 Å². The standard InChI is InChI=1S/C17H27N3O/c1-14(16-5-3-2-4-6-16)19-17(21)13-20-11-8-15(7-10-18)9-12-20/h2-6,14-15H,7-13,18H2,1H3,(H,19,21). The smallest absolute Gasteiger partial charge is 0.234 e. The first-order chi connectivity index (χ1) is 10.2. The molecule has 0 aromatic heterocycles. The van der Waals surface area contributed by atoms with E-state index in [-0.39, 0.29) is 11.9 Å². The van der Waals surface area contributed by atoms with Crippen LogP contribution in [0.5, 0.6) is 0 Å². The average Bonchev–Trinajstić information content (AvgIpc) is 2.50. The largest absolute Gasteiger partial charge is 0.348 e. The highest BCUT2D eigenvalue weighted by molar-refractivity contribution is 5.78. The van der Waals surface area contributed by atoms with E-state index >= 15 is 0 Å². The van der Waals surface area contributed by atoms with E-state index in [1.165, 1.54) is 12.8 Å². The molecule has 1 aromatic carbocycles. The van der Waals surface area contributed by atoms with Gasteiger partial charge < -0.3 is 11.1 Å². The average molecular weight is 289 g/mol. The minimum absolute atomic E-state index is 0.0634. The second-order valence-electron chi connectivity index (χ2n) is 6.00. The van der Waals surface area contributed by atoms with E-state index in [2.05, 4.69) is 10.2 Å². The number of piperidine rings is 1. The van der Waals surface area contributed by atoms with Crippen LogP contribution in [0.4, 0.5) is 0 Å². The van der Waals surface area contributed by atoms with Crippen molar-refractivity contribution in [3.05, 3.63) is 35.9 Å². The Bertz CT molecular complexity index is 427. The summed E-state index contributed by atoms with van der Waals surface area (Å²) in [6.07, 6.45) is 3.45. The van der Waals surface area contributed by atoms with Crippen molar-refractivity contribution in [3.8, 4) is 0 Å². The van der Waals surface area contributed by atoms with Crippen molar-refractivity contribution >= 4 is 5.91 Å². The van der Waals surface area contributed by atoms with Gasteiger partial charge >= 0.3 is 0 Å². The Labute approximate surface area is 127 Å². The van der Waals surface area contributed by atoms with Crippen molar-refractivity contribution in [1.29, 1.82) is 0 Å². The van der Waals surface area contributed by atoms with Gasteiger partial charge in [-0.1, -0.05) is 30.3 Å². The van der Waals surface area contributed by atoms with Gasteiger partial charge in [-0.05, 0) is 57.3 Å². The summed E-state index contributed by atoms with van der Waals surface area (Å²) in [5, 5.41) is 3.08. The summed E-state index contributed by atoms with van der Waals surface area (Å²) >= 11 is 0. The van der Waals surface area contributed by atoms with Gasteiger partial charge in [0.25, 0.3) is 0 Å². The lowest BCUT2D eigenvalue weighted by Crippen LogP contribution is -2.42. The highest BCUT2D eigenvalue weighted by Gasteiger charge is 2.20. The molecule has 2 rings (SSSR count). The first kappa shape index (κ1) is 16.0. The van der Waals surface area contributed by atoms with E-state index in [1.807, 2.05) is 37.3 Å². The van der Waals surface area contributed by atoms with Gasteiger partial charge in [-0.25, -0.2) is 0 Å². The van der Waals surface area contributed by atoms with Gasteiger partial charge in [0.2, 0.25) is 5.91 Å². The van der Waals surface area contributed by atoms with Crippen molar-refractivity contribution in [2.24, 2.45) is 11.7 Å². The van der Waals surface area contributed by atoms with Crippen molar-refractivity contribution in [2.45, 2.75) is 32.2 Å².